The van der Waals surface area contributed by atoms with Crippen LogP contribution in [0.1, 0.15) is 15.9 Å². The van der Waals surface area contributed by atoms with Gasteiger partial charge in [0.05, 0.1) is 17.1 Å². The molecule has 0 saturated carbocycles. The molecule has 1 amide bonds. The second kappa shape index (κ2) is 9.54. The molecule has 0 bridgehead atoms. The first-order valence-corrected chi connectivity index (χ1v) is 9.82. The van der Waals surface area contributed by atoms with Gasteiger partial charge in [0.2, 0.25) is 0 Å². The summed E-state index contributed by atoms with van der Waals surface area (Å²) in [6, 6.07) is 19.1. The second-order valence-electron chi connectivity index (χ2n) is 6.10. The Hall–Kier alpha value is -2.90. The number of ether oxygens (including phenoxy) is 1. The molecule has 0 atom stereocenters. The number of amides is 1. The van der Waals surface area contributed by atoms with Crippen LogP contribution in [0, 0.1) is 10.1 Å². The molecule has 0 aliphatic heterocycles. The lowest BCUT2D eigenvalue weighted by molar-refractivity contribution is -0.384. The maximum Gasteiger partial charge on any atom is 0.289 e. The molecule has 3 aromatic rings. The molecule has 0 spiro atoms. The monoisotopic (exact) mass is 474 g/mol. The number of carbonyl (C=O) groups is 1. The minimum atomic E-state index is -0.602. The smallest absolute Gasteiger partial charge is 0.289 e. The first kappa shape index (κ1) is 20.8. The highest BCUT2D eigenvalue weighted by atomic mass is 79.9. The lowest BCUT2D eigenvalue weighted by Crippen LogP contribution is -2.14. The summed E-state index contributed by atoms with van der Waals surface area (Å²) in [6.45, 7) is 0.401. The number of hydrogen-bond donors (Lipinski definition) is 1. The van der Waals surface area contributed by atoms with E-state index in [9.17, 15) is 14.9 Å². The quantitative estimate of drug-likeness (QED) is 0.341. The Kier molecular flexibility index (Phi) is 6.85. The molecule has 3 aromatic carbocycles. The van der Waals surface area contributed by atoms with E-state index < -0.39 is 10.8 Å². The van der Waals surface area contributed by atoms with Gasteiger partial charge in [0.1, 0.15) is 10.8 Å². The van der Waals surface area contributed by atoms with Gasteiger partial charge in [0.25, 0.3) is 11.6 Å². The fourth-order valence-electron chi connectivity index (χ4n) is 2.66. The Morgan fingerprint density at radius 3 is 2.59 bits per heavy atom. The van der Waals surface area contributed by atoms with Crippen molar-refractivity contribution in [2.24, 2.45) is 0 Å². The van der Waals surface area contributed by atoms with Crippen LogP contribution in [0.3, 0.4) is 0 Å². The summed E-state index contributed by atoms with van der Waals surface area (Å²) in [5.74, 6) is -0.0253. The van der Waals surface area contributed by atoms with Crippen LogP contribution in [0.2, 0.25) is 5.02 Å². The van der Waals surface area contributed by atoms with Gasteiger partial charge in [-0.1, -0.05) is 57.9 Å². The molecule has 0 aromatic heterocycles. The standard InChI is InChI=1S/C21H16BrClN2O4/c22-15-6-9-20(29-11-10-14-4-2-1-3-5-14)17(12-15)21(26)24-16-7-8-18(23)19(13-16)25(27)28/h1-9,12-13H,10-11H2,(H,24,26). The SMILES string of the molecule is O=C(Nc1ccc(Cl)c([N+](=O)[O-])c1)c1cc(Br)ccc1OCCc1ccccc1. The lowest BCUT2D eigenvalue weighted by atomic mass is 10.1. The maximum atomic E-state index is 12.8. The third-order valence-corrected chi connectivity index (χ3v) is 4.89. The van der Waals surface area contributed by atoms with Crippen LogP contribution in [0.25, 0.3) is 0 Å². The average Bonchev–Trinajstić information content (AvgIpc) is 2.71. The highest BCUT2D eigenvalue weighted by molar-refractivity contribution is 9.10. The molecule has 0 fully saturated rings. The van der Waals surface area contributed by atoms with E-state index in [-0.39, 0.29) is 16.4 Å². The average molecular weight is 476 g/mol. The summed E-state index contributed by atoms with van der Waals surface area (Å²) in [6.07, 6.45) is 0.696. The van der Waals surface area contributed by atoms with E-state index in [1.165, 1.54) is 18.2 Å². The Bertz CT molecular complexity index is 1040. The van der Waals surface area contributed by atoms with Crippen molar-refractivity contribution in [1.82, 2.24) is 0 Å². The molecule has 0 unspecified atom stereocenters. The highest BCUT2D eigenvalue weighted by Crippen LogP contribution is 2.29. The van der Waals surface area contributed by atoms with Crippen LogP contribution < -0.4 is 10.1 Å². The predicted molar refractivity (Wildman–Crippen MR) is 116 cm³/mol. The Morgan fingerprint density at radius 1 is 1.10 bits per heavy atom. The zero-order chi connectivity index (χ0) is 20.8. The predicted octanol–water partition coefficient (Wildman–Crippen LogP) is 5.88. The van der Waals surface area contributed by atoms with Crippen LogP contribution >= 0.6 is 27.5 Å². The third kappa shape index (κ3) is 5.56. The Morgan fingerprint density at radius 2 is 1.86 bits per heavy atom. The minimum Gasteiger partial charge on any atom is -0.492 e. The van der Waals surface area contributed by atoms with Crippen molar-refractivity contribution in [1.29, 1.82) is 0 Å². The van der Waals surface area contributed by atoms with Gasteiger partial charge in [-0.15, -0.1) is 0 Å². The Balaban J connectivity index is 1.75. The summed E-state index contributed by atoms with van der Waals surface area (Å²) in [7, 11) is 0. The van der Waals surface area contributed by atoms with Crippen molar-refractivity contribution in [3.63, 3.8) is 0 Å². The summed E-state index contributed by atoms with van der Waals surface area (Å²) in [4.78, 5) is 23.2. The van der Waals surface area contributed by atoms with Gasteiger partial charge in [0, 0.05) is 22.6 Å². The molecule has 0 aliphatic carbocycles. The molecule has 0 saturated heterocycles. The molecule has 0 radical (unpaired) electrons. The zero-order valence-electron chi connectivity index (χ0n) is 15.1. The topological polar surface area (TPSA) is 81.5 Å². The summed E-state index contributed by atoms with van der Waals surface area (Å²) in [5, 5.41) is 13.7. The fourth-order valence-corrected chi connectivity index (χ4v) is 3.21. The number of nitrogens with zero attached hydrogens (tertiary/aromatic N) is 1. The van der Waals surface area contributed by atoms with Gasteiger partial charge in [-0.25, -0.2) is 0 Å². The van der Waals surface area contributed by atoms with Gasteiger partial charge in [0.15, 0.2) is 0 Å². The van der Waals surface area contributed by atoms with E-state index in [2.05, 4.69) is 21.2 Å². The fraction of sp³-hybridized carbons (Fsp3) is 0.0952. The summed E-state index contributed by atoms with van der Waals surface area (Å²) >= 11 is 9.17. The third-order valence-electron chi connectivity index (χ3n) is 4.08. The van der Waals surface area contributed by atoms with Crippen molar-refractivity contribution < 1.29 is 14.5 Å². The zero-order valence-corrected chi connectivity index (χ0v) is 17.4. The maximum absolute atomic E-state index is 12.8. The first-order chi connectivity index (χ1) is 13.9. The van der Waals surface area contributed by atoms with Crippen molar-refractivity contribution in [3.05, 3.63) is 97.5 Å². The van der Waals surface area contributed by atoms with Crippen molar-refractivity contribution >= 4 is 44.8 Å². The van der Waals surface area contributed by atoms with Gasteiger partial charge < -0.3 is 10.1 Å². The molecule has 1 N–H and O–H groups in total. The molecular formula is C21H16BrClN2O4. The lowest BCUT2D eigenvalue weighted by Gasteiger charge is -2.13. The number of nitro benzene ring substituents is 1. The van der Waals surface area contributed by atoms with Crippen LogP contribution in [-0.2, 0) is 6.42 Å². The number of nitrogens with one attached hydrogen (secondary N) is 1. The van der Waals surface area contributed by atoms with Crippen LogP contribution in [0.15, 0.2) is 71.2 Å². The summed E-state index contributed by atoms with van der Waals surface area (Å²) < 4.78 is 6.53. The van der Waals surface area contributed by atoms with Crippen molar-refractivity contribution in [2.75, 3.05) is 11.9 Å². The van der Waals surface area contributed by atoms with E-state index in [0.717, 1.165) is 5.56 Å². The van der Waals surface area contributed by atoms with E-state index in [1.54, 1.807) is 18.2 Å². The van der Waals surface area contributed by atoms with E-state index in [4.69, 9.17) is 16.3 Å². The number of halogens is 2. The minimum absolute atomic E-state index is 0.000360. The number of rotatable bonds is 7. The number of benzene rings is 3. The highest BCUT2D eigenvalue weighted by Gasteiger charge is 2.17. The largest absolute Gasteiger partial charge is 0.492 e. The molecule has 3 rings (SSSR count). The van der Waals surface area contributed by atoms with Gasteiger partial charge in [-0.3, -0.25) is 14.9 Å². The Labute approximate surface area is 180 Å². The van der Waals surface area contributed by atoms with Crippen LogP contribution in [0.4, 0.5) is 11.4 Å². The first-order valence-electron chi connectivity index (χ1n) is 8.65. The molecule has 148 valence electrons. The van der Waals surface area contributed by atoms with E-state index >= 15 is 0 Å². The normalized spacial score (nSPS) is 10.4. The number of anilines is 1. The molecule has 0 aliphatic rings. The molecule has 6 nitrogen and oxygen atoms in total. The van der Waals surface area contributed by atoms with Gasteiger partial charge in [-0.05, 0) is 35.9 Å². The second-order valence-corrected chi connectivity index (χ2v) is 7.42. The van der Waals surface area contributed by atoms with Crippen LogP contribution in [0.5, 0.6) is 5.75 Å². The van der Waals surface area contributed by atoms with Crippen LogP contribution in [-0.4, -0.2) is 17.4 Å². The van der Waals surface area contributed by atoms with E-state index in [1.807, 2.05) is 30.3 Å². The van der Waals surface area contributed by atoms with Gasteiger partial charge >= 0.3 is 0 Å². The van der Waals surface area contributed by atoms with Crippen molar-refractivity contribution in [3.8, 4) is 5.75 Å². The molecule has 29 heavy (non-hydrogen) atoms. The summed E-state index contributed by atoms with van der Waals surface area (Å²) in [5.41, 5.74) is 1.42. The van der Waals surface area contributed by atoms with Gasteiger partial charge in [-0.2, -0.15) is 0 Å². The number of hydrogen-bond acceptors (Lipinski definition) is 4. The molecule has 0 heterocycles. The molecular weight excluding hydrogens is 460 g/mol. The van der Waals surface area contributed by atoms with Crippen molar-refractivity contribution in [2.45, 2.75) is 6.42 Å². The molecule has 8 heteroatoms. The van der Waals surface area contributed by atoms with E-state index in [0.29, 0.717) is 28.8 Å². The number of nitro groups is 1. The number of carbonyl (C=O) groups excluding carboxylic acids is 1.